The van der Waals surface area contributed by atoms with Gasteiger partial charge in [0.1, 0.15) is 0 Å². The molecule has 6 aromatic carbocycles. The summed E-state index contributed by atoms with van der Waals surface area (Å²) in [4.78, 5) is 2.71. The Morgan fingerprint density at radius 3 is 1.39 bits per heavy atom. The molecule has 4 heteroatoms. The second-order valence-electron chi connectivity index (χ2n) is 10.1. The van der Waals surface area contributed by atoms with Crippen LogP contribution in [0.1, 0.15) is 22.3 Å². The van der Waals surface area contributed by atoms with E-state index in [0.717, 1.165) is 33.8 Å². The quantitative estimate of drug-likeness (QED) is 0.138. The van der Waals surface area contributed by atoms with Crippen LogP contribution < -0.4 is 4.90 Å². The summed E-state index contributed by atoms with van der Waals surface area (Å²) in [7, 11) is -3.75. The van der Waals surface area contributed by atoms with Gasteiger partial charge < -0.3 is 4.90 Å². The summed E-state index contributed by atoms with van der Waals surface area (Å²) in [5.74, 6) is 6.48. The molecule has 0 aliphatic heterocycles. The van der Waals surface area contributed by atoms with Crippen LogP contribution in [0.3, 0.4) is 0 Å². The summed E-state index contributed by atoms with van der Waals surface area (Å²) in [5, 5.41) is 0. The van der Waals surface area contributed by atoms with Crippen LogP contribution in [0, 0.1) is 11.8 Å². The molecule has 0 atom stereocenters. The van der Waals surface area contributed by atoms with E-state index in [4.69, 9.17) is 0 Å². The Kier molecular flexibility index (Phi) is 8.50. The van der Waals surface area contributed by atoms with Gasteiger partial charge in [-0.05, 0) is 90.0 Å². The van der Waals surface area contributed by atoms with Crippen LogP contribution >= 0.6 is 0 Å². The Morgan fingerprint density at radius 1 is 0.477 bits per heavy atom. The number of nitrogens with zero attached hydrogens (tertiary/aromatic N) is 1. The molecule has 3 nitrogen and oxygen atoms in total. The number of rotatable bonds is 7. The molecule has 0 heterocycles. The molecule has 0 N–H and O–H groups in total. The Labute approximate surface area is 259 Å². The number of anilines is 3. The number of para-hydroxylation sites is 2. The SMILES string of the molecule is O=S(=O)(/C(=C/c1ccccc1)c1ccc(C#Cc2ccc(N(c3ccccc3)c3ccccc3)cc2)cc1)c1ccccc1. The molecular formula is C40H29NO2S. The summed E-state index contributed by atoms with van der Waals surface area (Å²) in [6.07, 6.45) is 1.72. The van der Waals surface area contributed by atoms with E-state index in [9.17, 15) is 8.42 Å². The average molecular weight is 588 g/mol. The molecule has 212 valence electrons. The smallest absolute Gasteiger partial charge is 0.207 e. The van der Waals surface area contributed by atoms with Crippen molar-refractivity contribution in [2.75, 3.05) is 4.90 Å². The van der Waals surface area contributed by atoms with Gasteiger partial charge in [0.15, 0.2) is 0 Å². The summed E-state index contributed by atoms with van der Waals surface area (Å²) < 4.78 is 27.4. The molecule has 0 bridgehead atoms. The van der Waals surface area contributed by atoms with Crippen LogP contribution in [-0.2, 0) is 9.84 Å². The fourth-order valence-electron chi connectivity index (χ4n) is 4.90. The maximum absolute atomic E-state index is 13.7. The van der Waals surface area contributed by atoms with E-state index < -0.39 is 9.84 Å². The number of hydrogen-bond acceptors (Lipinski definition) is 3. The van der Waals surface area contributed by atoms with Gasteiger partial charge in [0.2, 0.25) is 9.84 Å². The second-order valence-corrected chi connectivity index (χ2v) is 12.0. The van der Waals surface area contributed by atoms with Crippen molar-refractivity contribution in [1.29, 1.82) is 0 Å². The molecule has 0 aromatic heterocycles. The first kappa shape index (κ1) is 28.5. The van der Waals surface area contributed by atoms with Crippen molar-refractivity contribution in [2.24, 2.45) is 0 Å². The van der Waals surface area contributed by atoms with Gasteiger partial charge in [-0.1, -0.05) is 109 Å². The predicted octanol–water partition coefficient (Wildman–Crippen LogP) is 9.53. The standard InChI is InChI=1S/C40H29NO2S/c42-44(43,39-19-11-4-12-20-39)40(31-34-13-5-1-6-14-34)35-27-23-32(24-28-35)21-22-33-25-29-38(30-26-33)41(36-15-7-2-8-16-36)37-17-9-3-10-18-37/h1-20,23-31H/b40-31+. The van der Waals surface area contributed by atoms with Gasteiger partial charge in [-0.15, -0.1) is 0 Å². The first-order valence-corrected chi connectivity index (χ1v) is 15.8. The van der Waals surface area contributed by atoms with Gasteiger partial charge in [0.05, 0.1) is 9.80 Å². The van der Waals surface area contributed by atoms with Crippen LogP contribution in [-0.4, -0.2) is 8.42 Å². The van der Waals surface area contributed by atoms with Crippen molar-refractivity contribution < 1.29 is 8.42 Å². The van der Waals surface area contributed by atoms with E-state index in [1.54, 1.807) is 30.3 Å². The van der Waals surface area contributed by atoms with Crippen molar-refractivity contribution >= 4 is 37.9 Å². The molecular weight excluding hydrogens is 559 g/mol. The lowest BCUT2D eigenvalue weighted by atomic mass is 10.1. The lowest BCUT2D eigenvalue weighted by molar-refractivity contribution is 0.606. The lowest BCUT2D eigenvalue weighted by Gasteiger charge is -2.25. The normalized spacial score (nSPS) is 11.3. The minimum Gasteiger partial charge on any atom is -0.311 e. The summed E-state index contributed by atoms with van der Waals surface area (Å²) in [6, 6.07) is 54.1. The van der Waals surface area contributed by atoms with Gasteiger partial charge in [-0.3, -0.25) is 0 Å². The van der Waals surface area contributed by atoms with Crippen LogP contribution in [0.15, 0.2) is 175 Å². The highest BCUT2D eigenvalue weighted by atomic mass is 32.2. The average Bonchev–Trinajstić information content (AvgIpc) is 3.09. The molecule has 0 spiro atoms. The van der Waals surface area contributed by atoms with Crippen molar-refractivity contribution in [3.05, 3.63) is 192 Å². The fourth-order valence-corrected chi connectivity index (χ4v) is 6.41. The third-order valence-electron chi connectivity index (χ3n) is 7.12. The molecule has 0 radical (unpaired) electrons. The Morgan fingerprint density at radius 2 is 0.886 bits per heavy atom. The van der Waals surface area contributed by atoms with E-state index in [1.165, 1.54) is 0 Å². The Bertz CT molecular complexity index is 1990. The van der Waals surface area contributed by atoms with Crippen LogP contribution in [0.5, 0.6) is 0 Å². The molecule has 0 aliphatic rings. The number of benzene rings is 6. The van der Waals surface area contributed by atoms with Crippen molar-refractivity contribution in [3.63, 3.8) is 0 Å². The van der Waals surface area contributed by atoms with E-state index in [1.807, 2.05) is 109 Å². The maximum atomic E-state index is 13.7. The van der Waals surface area contributed by atoms with Gasteiger partial charge >= 0.3 is 0 Å². The van der Waals surface area contributed by atoms with Gasteiger partial charge in [-0.2, -0.15) is 0 Å². The monoisotopic (exact) mass is 587 g/mol. The minimum absolute atomic E-state index is 0.242. The van der Waals surface area contributed by atoms with Gasteiger partial charge in [0.25, 0.3) is 0 Å². The molecule has 6 aromatic rings. The van der Waals surface area contributed by atoms with E-state index in [-0.39, 0.29) is 9.80 Å². The largest absolute Gasteiger partial charge is 0.311 e. The van der Waals surface area contributed by atoms with Gasteiger partial charge in [-0.25, -0.2) is 8.42 Å². The first-order valence-electron chi connectivity index (χ1n) is 14.3. The highest BCUT2D eigenvalue weighted by Crippen LogP contribution is 2.34. The van der Waals surface area contributed by atoms with Crippen LogP contribution in [0.4, 0.5) is 17.1 Å². The Hall–Kier alpha value is -5.63. The molecule has 0 saturated carbocycles. The highest BCUT2D eigenvalue weighted by Gasteiger charge is 2.22. The molecule has 6 rings (SSSR count). The second kappa shape index (κ2) is 13.1. The fraction of sp³-hybridized carbons (Fsp3) is 0. The molecule has 0 unspecified atom stereocenters. The van der Waals surface area contributed by atoms with E-state index in [0.29, 0.717) is 5.56 Å². The minimum atomic E-state index is -3.75. The van der Waals surface area contributed by atoms with E-state index >= 15 is 0 Å². The third-order valence-corrected chi connectivity index (χ3v) is 8.94. The summed E-state index contributed by atoms with van der Waals surface area (Å²) >= 11 is 0. The Balaban J connectivity index is 1.27. The first-order chi connectivity index (χ1) is 21.6. The molecule has 44 heavy (non-hydrogen) atoms. The third kappa shape index (κ3) is 6.55. The molecule has 0 aliphatic carbocycles. The lowest BCUT2D eigenvalue weighted by Crippen LogP contribution is -2.09. The predicted molar refractivity (Wildman–Crippen MR) is 181 cm³/mol. The summed E-state index contributed by atoms with van der Waals surface area (Å²) in [6.45, 7) is 0. The van der Waals surface area contributed by atoms with Gasteiger partial charge in [0, 0.05) is 28.2 Å². The molecule has 0 amide bonds. The highest BCUT2D eigenvalue weighted by molar-refractivity contribution is 8.00. The zero-order valence-electron chi connectivity index (χ0n) is 23.9. The molecule has 0 saturated heterocycles. The van der Waals surface area contributed by atoms with Crippen LogP contribution in [0.25, 0.3) is 11.0 Å². The summed E-state index contributed by atoms with van der Waals surface area (Å²) in [5.41, 5.74) is 6.29. The zero-order chi connectivity index (χ0) is 30.2. The number of hydrogen-bond donors (Lipinski definition) is 0. The van der Waals surface area contributed by atoms with Crippen LogP contribution in [0.2, 0.25) is 0 Å². The van der Waals surface area contributed by atoms with E-state index in [2.05, 4.69) is 53.1 Å². The molecule has 0 fully saturated rings. The topological polar surface area (TPSA) is 37.4 Å². The van der Waals surface area contributed by atoms with Crippen molar-refractivity contribution in [1.82, 2.24) is 0 Å². The van der Waals surface area contributed by atoms with Crippen molar-refractivity contribution in [2.45, 2.75) is 4.90 Å². The number of sulfone groups is 1. The maximum Gasteiger partial charge on any atom is 0.207 e. The zero-order valence-corrected chi connectivity index (χ0v) is 24.7. The van der Waals surface area contributed by atoms with Crippen molar-refractivity contribution in [3.8, 4) is 11.8 Å².